The maximum atomic E-state index is 6.55. The van der Waals surface area contributed by atoms with Gasteiger partial charge in [-0.15, -0.1) is 0 Å². The van der Waals surface area contributed by atoms with Gasteiger partial charge in [0.1, 0.15) is 11.3 Å². The zero-order valence-electron chi connectivity index (χ0n) is 19.0. The van der Waals surface area contributed by atoms with Gasteiger partial charge in [-0.2, -0.15) is 0 Å². The van der Waals surface area contributed by atoms with Crippen LogP contribution in [0.3, 0.4) is 0 Å². The molecule has 9 heteroatoms. The van der Waals surface area contributed by atoms with Gasteiger partial charge in [-0.05, 0) is 52.6 Å². The Morgan fingerprint density at radius 3 is 1.48 bits per heavy atom. The van der Waals surface area contributed by atoms with Crippen molar-refractivity contribution < 1.29 is 28.4 Å². The van der Waals surface area contributed by atoms with Crippen molar-refractivity contribution in [3.05, 3.63) is 0 Å². The van der Waals surface area contributed by atoms with Crippen molar-refractivity contribution in [3.8, 4) is 0 Å². The van der Waals surface area contributed by atoms with Crippen LogP contribution in [0.4, 0.5) is 0 Å². The third kappa shape index (κ3) is 4.17. The fourth-order valence-electron chi connectivity index (χ4n) is 4.50. The molecule has 0 saturated heterocycles. The van der Waals surface area contributed by atoms with Crippen LogP contribution in [0.1, 0.15) is 48.0 Å². The second kappa shape index (κ2) is 10.4. The largest absolute Gasteiger partial charge is 0.374 e. The maximum absolute atomic E-state index is 6.55. The first-order valence-corrected chi connectivity index (χ1v) is 13.5. The van der Waals surface area contributed by atoms with Crippen molar-refractivity contribution in [2.24, 2.45) is 0 Å². The summed E-state index contributed by atoms with van der Waals surface area (Å²) in [5.74, 6) is -2.31. The molecule has 27 heavy (non-hydrogen) atoms. The van der Waals surface area contributed by atoms with Crippen molar-refractivity contribution in [2.45, 2.75) is 75.5 Å². The summed E-state index contributed by atoms with van der Waals surface area (Å²) in [6.45, 7) is 15.1. The molecule has 1 aliphatic rings. The van der Waals surface area contributed by atoms with Crippen LogP contribution in [-0.2, 0) is 28.4 Å². The topological polar surface area (TPSA) is 55.4 Å². The van der Waals surface area contributed by atoms with E-state index in [0.29, 0.717) is 39.6 Å². The predicted octanol–water partition coefficient (Wildman–Crippen LogP) is -0.721. The Bertz CT molecular complexity index is 439. The summed E-state index contributed by atoms with van der Waals surface area (Å²) in [6.07, 6.45) is 0.586. The van der Waals surface area contributed by atoms with Crippen LogP contribution in [0, 0.1) is 0 Å². The lowest BCUT2D eigenvalue weighted by Crippen LogP contribution is -2.83. The van der Waals surface area contributed by atoms with Crippen LogP contribution in [0.15, 0.2) is 0 Å². The van der Waals surface area contributed by atoms with E-state index >= 15 is 0 Å². The molecule has 162 valence electrons. The van der Waals surface area contributed by atoms with Gasteiger partial charge in [-0.3, -0.25) is 0 Å². The van der Waals surface area contributed by atoms with Gasteiger partial charge >= 0.3 is 0 Å². The zero-order valence-corrected chi connectivity index (χ0v) is 25.0. The standard InChI is InChI=1S/C18H42O6Si3/c1-7-19-14-13-15(25,26)18(27,24-12-6)17(22-10-4,23-11-5)16(14,20-8-2)21-9-3/h14H,7-13H2,1-6,25-27H3. The normalized spacial score (nSPS) is 32.9. The quantitative estimate of drug-likeness (QED) is 0.296. The Morgan fingerprint density at radius 2 is 1.11 bits per heavy atom. The summed E-state index contributed by atoms with van der Waals surface area (Å²) < 4.78 is 38.7. The van der Waals surface area contributed by atoms with E-state index in [1.165, 1.54) is 0 Å². The smallest absolute Gasteiger partial charge is 0.253 e. The molecule has 0 heterocycles. The lowest BCUT2D eigenvalue weighted by atomic mass is 9.79. The molecule has 0 radical (unpaired) electrons. The average molecular weight is 439 g/mol. The Labute approximate surface area is 174 Å². The fraction of sp³-hybridized carbons (Fsp3) is 1.00. The van der Waals surface area contributed by atoms with Crippen molar-refractivity contribution >= 4 is 30.7 Å². The van der Waals surface area contributed by atoms with E-state index in [0.717, 1.165) is 37.1 Å². The van der Waals surface area contributed by atoms with E-state index in [2.05, 4.69) is 0 Å². The van der Waals surface area contributed by atoms with Gasteiger partial charge in [0, 0.05) is 60.1 Å². The van der Waals surface area contributed by atoms with Gasteiger partial charge in [-0.25, -0.2) is 0 Å². The monoisotopic (exact) mass is 438 g/mol. The van der Waals surface area contributed by atoms with Gasteiger partial charge in [-0.1, -0.05) is 0 Å². The summed E-state index contributed by atoms with van der Waals surface area (Å²) >= 11 is 0. The highest BCUT2D eigenvalue weighted by Crippen LogP contribution is 2.59. The Kier molecular flexibility index (Phi) is 9.84. The van der Waals surface area contributed by atoms with Crippen LogP contribution in [0.2, 0.25) is 4.66 Å². The molecule has 1 fully saturated rings. The first-order chi connectivity index (χ1) is 12.7. The van der Waals surface area contributed by atoms with E-state index in [1.54, 1.807) is 0 Å². The van der Waals surface area contributed by atoms with Crippen molar-refractivity contribution in [1.82, 2.24) is 0 Å². The molecule has 1 saturated carbocycles. The first kappa shape index (κ1) is 25.4. The minimum Gasteiger partial charge on any atom is -0.374 e. The molecule has 0 aliphatic heterocycles. The molecule has 0 spiro atoms. The second-order valence-corrected chi connectivity index (χ2v) is 15.3. The summed E-state index contributed by atoms with van der Waals surface area (Å²) in [5, 5.41) is -0.558. The summed E-state index contributed by atoms with van der Waals surface area (Å²) in [7, 11) is 2.69. The van der Waals surface area contributed by atoms with Gasteiger partial charge in [0.05, 0.1) is 10.2 Å². The van der Waals surface area contributed by atoms with Crippen LogP contribution >= 0.6 is 0 Å². The molecule has 1 aliphatic carbocycles. The minimum absolute atomic E-state index is 0.0249. The summed E-state index contributed by atoms with van der Waals surface area (Å²) in [6, 6.07) is 0. The molecule has 0 aromatic heterocycles. The maximum Gasteiger partial charge on any atom is 0.253 e. The number of hydrogen-bond acceptors (Lipinski definition) is 6. The Morgan fingerprint density at radius 1 is 0.667 bits per heavy atom. The van der Waals surface area contributed by atoms with Crippen LogP contribution in [0.5, 0.6) is 0 Å². The minimum atomic E-state index is -1.16. The van der Waals surface area contributed by atoms with Gasteiger partial charge in [0.15, 0.2) is 0 Å². The van der Waals surface area contributed by atoms with E-state index in [1.807, 2.05) is 41.5 Å². The van der Waals surface area contributed by atoms with Gasteiger partial charge in [0.2, 0.25) is 0 Å². The molecular formula is C18H42O6Si3. The van der Waals surface area contributed by atoms with Crippen molar-refractivity contribution in [2.75, 3.05) is 39.6 Å². The third-order valence-electron chi connectivity index (χ3n) is 5.71. The van der Waals surface area contributed by atoms with Crippen molar-refractivity contribution in [3.63, 3.8) is 0 Å². The molecule has 0 aromatic rings. The molecule has 2 unspecified atom stereocenters. The van der Waals surface area contributed by atoms with E-state index in [9.17, 15) is 0 Å². The third-order valence-corrected chi connectivity index (χ3v) is 12.7. The summed E-state index contributed by atoms with van der Waals surface area (Å²) in [4.78, 5) is 0. The molecule has 0 N–H and O–H groups in total. The van der Waals surface area contributed by atoms with Crippen LogP contribution in [-0.4, -0.2) is 93.3 Å². The molecule has 0 bridgehead atoms. The average Bonchev–Trinajstić information content (AvgIpc) is 2.59. The molecule has 0 amide bonds. The lowest BCUT2D eigenvalue weighted by Gasteiger charge is -2.66. The molecule has 0 aromatic carbocycles. The number of hydrogen-bond donors (Lipinski definition) is 0. The van der Waals surface area contributed by atoms with Crippen LogP contribution < -0.4 is 0 Å². The Hall–Kier alpha value is 0.411. The molecular weight excluding hydrogens is 396 g/mol. The lowest BCUT2D eigenvalue weighted by molar-refractivity contribution is -0.475. The Balaban J connectivity index is 3.84. The highest BCUT2D eigenvalue weighted by atomic mass is 28.2. The number of rotatable bonds is 12. The molecule has 6 nitrogen and oxygen atoms in total. The van der Waals surface area contributed by atoms with Gasteiger partial charge < -0.3 is 28.4 Å². The zero-order chi connectivity index (χ0) is 20.8. The second-order valence-electron chi connectivity index (χ2n) is 7.51. The van der Waals surface area contributed by atoms with E-state index in [-0.39, 0.29) is 10.8 Å². The van der Waals surface area contributed by atoms with Crippen LogP contribution in [0.25, 0.3) is 0 Å². The fourth-order valence-corrected chi connectivity index (χ4v) is 7.32. The number of ether oxygens (including phenoxy) is 6. The van der Waals surface area contributed by atoms with Gasteiger partial charge in [0.25, 0.3) is 11.6 Å². The predicted molar refractivity (Wildman–Crippen MR) is 119 cm³/mol. The van der Waals surface area contributed by atoms with E-state index in [4.69, 9.17) is 28.4 Å². The van der Waals surface area contributed by atoms with E-state index < -0.39 is 16.8 Å². The summed E-state index contributed by atoms with van der Waals surface area (Å²) in [5.41, 5.74) is 0. The highest BCUT2D eigenvalue weighted by Gasteiger charge is 2.77. The highest BCUT2D eigenvalue weighted by molar-refractivity contribution is 6.45. The van der Waals surface area contributed by atoms with Crippen molar-refractivity contribution in [1.29, 1.82) is 0 Å². The molecule has 1 rings (SSSR count). The SMILES string of the molecule is CCOC1CC([SiH3])([SiH3])C([SiH3])(OCC)C(OCC)(OCC)C1(OCC)OCC. The molecule has 2 atom stereocenters. The first-order valence-electron chi connectivity index (χ1n) is 10.5.